The molecule has 0 radical (unpaired) electrons. The number of fused-ring (bicyclic) bond motifs is 3. The Hall–Kier alpha value is -4.41. The topological polar surface area (TPSA) is 117 Å². The van der Waals surface area contributed by atoms with Gasteiger partial charge in [-0.15, -0.1) is 0 Å². The van der Waals surface area contributed by atoms with Crippen molar-refractivity contribution in [2.75, 3.05) is 19.0 Å². The molecule has 2 fully saturated rings. The third-order valence-corrected chi connectivity index (χ3v) is 9.36. The minimum Gasteiger partial charge on any atom is -0.467 e. The fourth-order valence-corrected chi connectivity index (χ4v) is 6.78. The molecule has 2 aromatic rings. The van der Waals surface area contributed by atoms with Crippen LogP contribution in [0.15, 0.2) is 60.7 Å². The highest BCUT2D eigenvalue weighted by Crippen LogP contribution is 2.46. The number of nitrogens with one attached hydrogen (secondary N) is 2. The summed E-state index contributed by atoms with van der Waals surface area (Å²) in [6.07, 6.45) is 7.12. The number of rotatable bonds is 4. The number of para-hydroxylation sites is 1. The Bertz CT molecular complexity index is 1480. The van der Waals surface area contributed by atoms with E-state index in [2.05, 4.69) is 10.6 Å². The molecule has 10 nitrogen and oxygen atoms in total. The molecule has 1 saturated carbocycles. The van der Waals surface area contributed by atoms with Gasteiger partial charge in [-0.05, 0) is 49.4 Å². The standard InChI is InChI=1S/C34H39FN4O6/c1-44-32(42)34-18-23(34)12-6-3-2-4-9-16-28(36-24-13-7-5-8-14-24)31(41)39-20-25(17-29(39)30(40)37-34)45-33(43)38-19-22-11-10-15-27(35)26(22)21-38/h5-8,10-15,23,25,28-29,36H,2-4,9,16-21H2,1H3,(H,37,40)/b12-6-/t23-,25-,28+,29+,34-/m1/s1. The lowest BCUT2D eigenvalue weighted by atomic mass is 10.0. The molecule has 238 valence electrons. The van der Waals surface area contributed by atoms with Gasteiger partial charge in [-0.25, -0.2) is 14.0 Å². The average Bonchev–Trinajstić information content (AvgIpc) is 3.35. The Morgan fingerprint density at radius 3 is 2.64 bits per heavy atom. The maximum absolute atomic E-state index is 14.3. The second-order valence-corrected chi connectivity index (χ2v) is 12.4. The second kappa shape index (κ2) is 12.9. The molecule has 6 rings (SSSR count). The maximum Gasteiger partial charge on any atom is 0.410 e. The Labute approximate surface area is 261 Å². The summed E-state index contributed by atoms with van der Waals surface area (Å²) in [5.74, 6) is -1.88. The van der Waals surface area contributed by atoms with Crippen molar-refractivity contribution in [2.45, 2.75) is 81.8 Å². The van der Waals surface area contributed by atoms with Gasteiger partial charge in [0.2, 0.25) is 11.8 Å². The van der Waals surface area contributed by atoms with Gasteiger partial charge in [0.05, 0.1) is 20.2 Å². The van der Waals surface area contributed by atoms with E-state index in [0.29, 0.717) is 18.4 Å². The molecule has 3 aliphatic heterocycles. The van der Waals surface area contributed by atoms with Crippen molar-refractivity contribution in [2.24, 2.45) is 5.92 Å². The first kappa shape index (κ1) is 30.6. The van der Waals surface area contributed by atoms with Crippen molar-refractivity contribution in [1.82, 2.24) is 15.1 Å². The van der Waals surface area contributed by atoms with Gasteiger partial charge in [0.1, 0.15) is 29.5 Å². The van der Waals surface area contributed by atoms with Crippen molar-refractivity contribution in [3.05, 3.63) is 77.6 Å². The normalized spacial score (nSPS) is 28.8. The number of nitrogens with zero attached hydrogens (tertiary/aromatic N) is 2. The van der Waals surface area contributed by atoms with Crippen molar-refractivity contribution >= 4 is 29.6 Å². The fraction of sp³-hybridized carbons (Fsp3) is 0.471. The van der Waals surface area contributed by atoms with Crippen LogP contribution in [0, 0.1) is 11.7 Å². The lowest BCUT2D eigenvalue weighted by molar-refractivity contribution is -0.148. The molecule has 0 bridgehead atoms. The van der Waals surface area contributed by atoms with E-state index >= 15 is 0 Å². The predicted molar refractivity (Wildman–Crippen MR) is 163 cm³/mol. The number of allylic oxidation sites excluding steroid dienone is 1. The first-order chi connectivity index (χ1) is 21.8. The number of hydrogen-bond donors (Lipinski definition) is 2. The third kappa shape index (κ3) is 6.39. The number of hydrogen-bond acceptors (Lipinski definition) is 7. The van der Waals surface area contributed by atoms with E-state index < -0.39 is 41.7 Å². The largest absolute Gasteiger partial charge is 0.467 e. The second-order valence-electron chi connectivity index (χ2n) is 12.4. The number of carbonyl (C=O) groups is 4. The highest BCUT2D eigenvalue weighted by atomic mass is 19.1. The summed E-state index contributed by atoms with van der Waals surface area (Å²) >= 11 is 0. The summed E-state index contributed by atoms with van der Waals surface area (Å²) in [5, 5.41) is 6.28. The Balaban J connectivity index is 1.24. The zero-order chi connectivity index (χ0) is 31.6. The van der Waals surface area contributed by atoms with E-state index in [0.717, 1.165) is 36.9 Å². The zero-order valence-corrected chi connectivity index (χ0v) is 25.4. The van der Waals surface area contributed by atoms with Crippen LogP contribution in [-0.2, 0) is 36.9 Å². The average molecular weight is 619 g/mol. The lowest BCUT2D eigenvalue weighted by Crippen LogP contribution is -2.55. The lowest BCUT2D eigenvalue weighted by Gasteiger charge is -2.30. The van der Waals surface area contributed by atoms with Gasteiger partial charge in [0.25, 0.3) is 0 Å². The first-order valence-electron chi connectivity index (χ1n) is 15.7. The molecule has 0 spiro atoms. The molecule has 3 heterocycles. The minimum absolute atomic E-state index is 0.0132. The molecule has 45 heavy (non-hydrogen) atoms. The van der Waals surface area contributed by atoms with Gasteiger partial charge in [-0.3, -0.25) is 14.5 Å². The number of esters is 1. The van der Waals surface area contributed by atoms with Crippen LogP contribution in [0.25, 0.3) is 0 Å². The number of ether oxygens (including phenoxy) is 2. The third-order valence-electron chi connectivity index (χ3n) is 9.36. The maximum atomic E-state index is 14.3. The summed E-state index contributed by atoms with van der Waals surface area (Å²) in [5.41, 5.74) is 0.765. The molecule has 2 N–H and O–H groups in total. The summed E-state index contributed by atoms with van der Waals surface area (Å²) in [7, 11) is 1.29. The van der Waals surface area contributed by atoms with Gasteiger partial charge < -0.3 is 25.0 Å². The molecule has 1 saturated heterocycles. The highest BCUT2D eigenvalue weighted by molar-refractivity contribution is 5.96. The van der Waals surface area contributed by atoms with E-state index in [-0.39, 0.29) is 43.7 Å². The van der Waals surface area contributed by atoms with Crippen molar-refractivity contribution in [3.63, 3.8) is 0 Å². The summed E-state index contributed by atoms with van der Waals surface area (Å²) in [6.45, 7) is 0.309. The molecule has 4 aliphatic rings. The van der Waals surface area contributed by atoms with Crippen LogP contribution in [0.5, 0.6) is 0 Å². The number of methoxy groups -OCH3 is 1. The van der Waals surface area contributed by atoms with E-state index in [4.69, 9.17) is 9.47 Å². The van der Waals surface area contributed by atoms with E-state index in [1.54, 1.807) is 12.1 Å². The molecule has 1 aliphatic carbocycles. The van der Waals surface area contributed by atoms with Gasteiger partial charge in [-0.1, -0.05) is 55.3 Å². The van der Waals surface area contributed by atoms with Crippen LogP contribution >= 0.6 is 0 Å². The van der Waals surface area contributed by atoms with Gasteiger partial charge in [-0.2, -0.15) is 0 Å². The number of amides is 3. The van der Waals surface area contributed by atoms with Crippen LogP contribution < -0.4 is 10.6 Å². The smallest absolute Gasteiger partial charge is 0.410 e. The monoisotopic (exact) mass is 618 g/mol. The Morgan fingerprint density at radius 1 is 1.04 bits per heavy atom. The van der Waals surface area contributed by atoms with Crippen LogP contribution in [0.1, 0.15) is 56.1 Å². The highest BCUT2D eigenvalue weighted by Gasteiger charge is 2.62. The SMILES string of the molecule is COC(=O)[C@@]12C[C@H]1/C=C\CCCCC[C@H](Nc1ccccc1)C(=O)N1C[C@H](OC(=O)N3Cc4cccc(F)c4C3)C[C@H]1C(=O)N2. The number of benzene rings is 2. The van der Waals surface area contributed by atoms with Crippen molar-refractivity contribution in [1.29, 1.82) is 0 Å². The van der Waals surface area contributed by atoms with E-state index in [1.165, 1.54) is 23.0 Å². The molecule has 0 unspecified atom stereocenters. The molecule has 0 aromatic heterocycles. The quantitative estimate of drug-likeness (QED) is 0.388. The van der Waals surface area contributed by atoms with Crippen LogP contribution in [0.3, 0.4) is 0 Å². The van der Waals surface area contributed by atoms with E-state index in [1.807, 2.05) is 42.5 Å². The van der Waals surface area contributed by atoms with Crippen molar-refractivity contribution < 1.29 is 33.0 Å². The summed E-state index contributed by atoms with van der Waals surface area (Å²) in [6, 6.07) is 12.6. The first-order valence-corrected chi connectivity index (χ1v) is 15.7. The van der Waals surface area contributed by atoms with Gasteiger partial charge >= 0.3 is 12.1 Å². The summed E-state index contributed by atoms with van der Waals surface area (Å²) in [4.78, 5) is 57.2. The minimum atomic E-state index is -1.20. The molecule has 3 amide bonds. The van der Waals surface area contributed by atoms with Crippen LogP contribution in [0.2, 0.25) is 0 Å². The van der Waals surface area contributed by atoms with Crippen LogP contribution in [-0.4, -0.2) is 71.1 Å². The van der Waals surface area contributed by atoms with Gasteiger partial charge in [0.15, 0.2) is 0 Å². The van der Waals surface area contributed by atoms with Crippen molar-refractivity contribution in [3.8, 4) is 0 Å². The Morgan fingerprint density at radius 2 is 1.87 bits per heavy atom. The molecular weight excluding hydrogens is 579 g/mol. The van der Waals surface area contributed by atoms with Crippen LogP contribution in [0.4, 0.5) is 14.9 Å². The zero-order valence-electron chi connectivity index (χ0n) is 25.4. The number of carbonyl (C=O) groups excluding carboxylic acids is 4. The molecule has 5 atom stereocenters. The Kier molecular flexibility index (Phi) is 8.78. The predicted octanol–water partition coefficient (Wildman–Crippen LogP) is 4.30. The fourth-order valence-electron chi connectivity index (χ4n) is 6.78. The number of anilines is 1. The van der Waals surface area contributed by atoms with Gasteiger partial charge in [0, 0.05) is 30.1 Å². The summed E-state index contributed by atoms with van der Waals surface area (Å²) < 4.78 is 25.3. The molecular formula is C34H39FN4O6. The van der Waals surface area contributed by atoms with E-state index in [9.17, 15) is 23.6 Å². The molecule has 11 heteroatoms. The molecule has 2 aromatic carbocycles. The number of halogens is 1.